The monoisotopic (exact) mass is 331 g/mol. The van der Waals surface area contributed by atoms with E-state index in [9.17, 15) is 5.11 Å². The molecule has 2 aromatic carbocycles. The number of aliphatic hydroxyl groups excluding tert-OH is 1. The zero-order chi connectivity index (χ0) is 14.1. The fourth-order valence-electron chi connectivity index (χ4n) is 2.90. The van der Waals surface area contributed by atoms with Crippen LogP contribution in [0.3, 0.4) is 0 Å². The van der Waals surface area contributed by atoms with Crippen molar-refractivity contribution in [1.29, 1.82) is 0 Å². The van der Waals surface area contributed by atoms with Crippen LogP contribution in [-0.4, -0.2) is 11.1 Å². The third kappa shape index (κ3) is 2.36. The molecule has 20 heavy (non-hydrogen) atoms. The highest BCUT2D eigenvalue weighted by Crippen LogP contribution is 2.38. The van der Waals surface area contributed by atoms with Gasteiger partial charge in [0.15, 0.2) is 0 Å². The Kier molecular flexibility index (Phi) is 3.81. The molecule has 0 spiro atoms. The third-order valence-corrected chi connectivity index (χ3v) is 4.75. The third-order valence-electron chi connectivity index (χ3n) is 4.01. The van der Waals surface area contributed by atoms with Gasteiger partial charge in [0.05, 0.1) is 6.61 Å². The standard InChI is InChI=1S/C17H18BrNO/c1-12-6-7-13-4-2-3-5-17(13)19(12)15-9-8-14(11-20)16(18)10-15/h2-5,8-10,12,20H,6-7,11H2,1H3. The van der Waals surface area contributed by atoms with Crippen LogP contribution < -0.4 is 4.90 Å². The molecule has 104 valence electrons. The molecule has 0 fully saturated rings. The van der Waals surface area contributed by atoms with Crippen LogP contribution in [0.15, 0.2) is 46.9 Å². The van der Waals surface area contributed by atoms with Crippen molar-refractivity contribution in [2.75, 3.05) is 4.90 Å². The van der Waals surface area contributed by atoms with E-state index in [0.29, 0.717) is 6.04 Å². The highest BCUT2D eigenvalue weighted by molar-refractivity contribution is 9.10. The Morgan fingerprint density at radius 2 is 2.05 bits per heavy atom. The van der Waals surface area contributed by atoms with E-state index in [1.807, 2.05) is 6.07 Å². The van der Waals surface area contributed by atoms with Gasteiger partial charge in [-0.05, 0) is 49.1 Å². The molecule has 2 aromatic rings. The molecule has 1 aliphatic rings. The van der Waals surface area contributed by atoms with E-state index < -0.39 is 0 Å². The summed E-state index contributed by atoms with van der Waals surface area (Å²) in [5.41, 5.74) is 4.81. The molecule has 0 saturated carbocycles. The molecule has 0 aromatic heterocycles. The number of para-hydroxylation sites is 1. The van der Waals surface area contributed by atoms with Crippen molar-refractivity contribution in [2.24, 2.45) is 0 Å². The minimum atomic E-state index is 0.0625. The van der Waals surface area contributed by atoms with E-state index in [4.69, 9.17) is 0 Å². The van der Waals surface area contributed by atoms with Gasteiger partial charge < -0.3 is 10.0 Å². The van der Waals surface area contributed by atoms with Crippen molar-refractivity contribution in [3.05, 3.63) is 58.1 Å². The number of hydrogen-bond acceptors (Lipinski definition) is 2. The summed E-state index contributed by atoms with van der Waals surface area (Å²) >= 11 is 3.55. The largest absolute Gasteiger partial charge is 0.392 e. The lowest BCUT2D eigenvalue weighted by atomic mass is 9.96. The Hall–Kier alpha value is -1.32. The van der Waals surface area contributed by atoms with Crippen molar-refractivity contribution < 1.29 is 5.11 Å². The van der Waals surface area contributed by atoms with Gasteiger partial charge in [-0.1, -0.05) is 40.2 Å². The van der Waals surface area contributed by atoms with E-state index >= 15 is 0 Å². The van der Waals surface area contributed by atoms with Gasteiger partial charge in [0, 0.05) is 21.9 Å². The van der Waals surface area contributed by atoms with Gasteiger partial charge in [-0.15, -0.1) is 0 Å². The number of aryl methyl sites for hydroxylation is 1. The minimum absolute atomic E-state index is 0.0625. The lowest BCUT2D eigenvalue weighted by molar-refractivity contribution is 0.281. The summed E-state index contributed by atoms with van der Waals surface area (Å²) in [5, 5.41) is 9.29. The molecular weight excluding hydrogens is 314 g/mol. The van der Waals surface area contributed by atoms with Crippen molar-refractivity contribution >= 4 is 27.3 Å². The van der Waals surface area contributed by atoms with Gasteiger partial charge >= 0.3 is 0 Å². The predicted molar refractivity (Wildman–Crippen MR) is 86.4 cm³/mol. The number of rotatable bonds is 2. The van der Waals surface area contributed by atoms with Crippen LogP contribution in [0.25, 0.3) is 0 Å². The highest BCUT2D eigenvalue weighted by Gasteiger charge is 2.24. The van der Waals surface area contributed by atoms with Crippen LogP contribution in [0.4, 0.5) is 11.4 Å². The molecule has 2 nitrogen and oxygen atoms in total. The molecule has 3 heteroatoms. The van der Waals surface area contributed by atoms with Crippen molar-refractivity contribution in [3.8, 4) is 0 Å². The molecule has 1 heterocycles. The van der Waals surface area contributed by atoms with Crippen LogP contribution in [-0.2, 0) is 13.0 Å². The van der Waals surface area contributed by atoms with Crippen LogP contribution in [0.2, 0.25) is 0 Å². The van der Waals surface area contributed by atoms with Gasteiger partial charge in [-0.25, -0.2) is 0 Å². The van der Waals surface area contributed by atoms with Gasteiger partial charge in [0.2, 0.25) is 0 Å². The van der Waals surface area contributed by atoms with E-state index in [0.717, 1.165) is 22.9 Å². The number of aliphatic hydroxyl groups is 1. The van der Waals surface area contributed by atoms with Crippen LogP contribution in [0.5, 0.6) is 0 Å². The quantitative estimate of drug-likeness (QED) is 0.880. The van der Waals surface area contributed by atoms with Crippen LogP contribution in [0.1, 0.15) is 24.5 Å². The number of anilines is 2. The summed E-state index contributed by atoms with van der Waals surface area (Å²) in [7, 11) is 0. The van der Waals surface area contributed by atoms with Gasteiger partial charge in [-0.3, -0.25) is 0 Å². The van der Waals surface area contributed by atoms with Gasteiger partial charge in [-0.2, -0.15) is 0 Å². The first kappa shape index (κ1) is 13.7. The second-order valence-corrected chi connectivity index (χ2v) is 6.17. The van der Waals surface area contributed by atoms with E-state index in [-0.39, 0.29) is 6.61 Å². The first-order valence-corrected chi connectivity index (χ1v) is 7.76. The zero-order valence-electron chi connectivity index (χ0n) is 11.5. The fourth-order valence-corrected chi connectivity index (χ4v) is 3.39. The number of benzene rings is 2. The molecule has 1 aliphatic heterocycles. The number of nitrogens with zero attached hydrogens (tertiary/aromatic N) is 1. The molecule has 0 radical (unpaired) electrons. The summed E-state index contributed by atoms with van der Waals surface area (Å²) in [4.78, 5) is 2.39. The molecule has 0 aliphatic carbocycles. The molecule has 1 unspecified atom stereocenters. The lowest BCUT2D eigenvalue weighted by Crippen LogP contribution is -2.33. The molecule has 1 atom stereocenters. The minimum Gasteiger partial charge on any atom is -0.392 e. The topological polar surface area (TPSA) is 23.5 Å². The number of hydrogen-bond donors (Lipinski definition) is 1. The Bertz CT molecular complexity index is 626. The smallest absolute Gasteiger partial charge is 0.0692 e. The molecule has 0 saturated heterocycles. The number of halogens is 1. The van der Waals surface area contributed by atoms with E-state index in [1.165, 1.54) is 16.9 Å². The van der Waals surface area contributed by atoms with Gasteiger partial charge in [0.25, 0.3) is 0 Å². The first-order valence-electron chi connectivity index (χ1n) is 6.97. The summed E-state index contributed by atoms with van der Waals surface area (Å²) in [6, 6.07) is 15.3. The van der Waals surface area contributed by atoms with Crippen LogP contribution >= 0.6 is 15.9 Å². The highest BCUT2D eigenvalue weighted by atomic mass is 79.9. The normalized spacial score (nSPS) is 17.9. The van der Waals surface area contributed by atoms with Crippen molar-refractivity contribution in [3.63, 3.8) is 0 Å². The number of fused-ring (bicyclic) bond motifs is 1. The molecule has 3 rings (SSSR count). The maximum atomic E-state index is 9.29. The summed E-state index contributed by atoms with van der Waals surface area (Å²) in [5.74, 6) is 0. The molecular formula is C17H18BrNO. The summed E-state index contributed by atoms with van der Waals surface area (Å²) in [6.45, 7) is 2.33. The maximum Gasteiger partial charge on any atom is 0.0692 e. The van der Waals surface area contributed by atoms with E-state index in [1.54, 1.807) is 0 Å². The fraction of sp³-hybridized carbons (Fsp3) is 0.294. The average Bonchev–Trinajstić information content (AvgIpc) is 2.47. The van der Waals surface area contributed by atoms with Gasteiger partial charge in [0.1, 0.15) is 0 Å². The van der Waals surface area contributed by atoms with Crippen LogP contribution in [0, 0.1) is 0 Å². The summed E-state index contributed by atoms with van der Waals surface area (Å²) in [6.07, 6.45) is 2.31. The van der Waals surface area contributed by atoms with Crippen molar-refractivity contribution in [2.45, 2.75) is 32.4 Å². The first-order chi connectivity index (χ1) is 9.70. The second kappa shape index (κ2) is 5.58. The predicted octanol–water partition coefficient (Wildman–Crippen LogP) is 4.41. The Balaban J connectivity index is 2.07. The zero-order valence-corrected chi connectivity index (χ0v) is 13.1. The Labute approximate surface area is 128 Å². The summed E-state index contributed by atoms with van der Waals surface area (Å²) < 4.78 is 0.966. The second-order valence-electron chi connectivity index (χ2n) is 5.32. The molecule has 1 N–H and O–H groups in total. The Morgan fingerprint density at radius 3 is 2.80 bits per heavy atom. The molecule has 0 amide bonds. The lowest BCUT2D eigenvalue weighted by Gasteiger charge is -2.37. The average molecular weight is 332 g/mol. The van der Waals surface area contributed by atoms with Crippen molar-refractivity contribution in [1.82, 2.24) is 0 Å². The van der Waals surface area contributed by atoms with E-state index in [2.05, 4.69) is 64.2 Å². The maximum absolute atomic E-state index is 9.29. The molecule has 0 bridgehead atoms. The Morgan fingerprint density at radius 1 is 1.25 bits per heavy atom. The SMILES string of the molecule is CC1CCc2ccccc2N1c1ccc(CO)c(Br)c1.